The van der Waals surface area contributed by atoms with Gasteiger partial charge >= 0.3 is 0 Å². The van der Waals surface area contributed by atoms with Crippen LogP contribution in [-0.4, -0.2) is 63.5 Å². The van der Waals surface area contributed by atoms with Gasteiger partial charge in [-0.2, -0.15) is 0 Å². The highest BCUT2D eigenvalue weighted by Crippen LogP contribution is 2.17. The van der Waals surface area contributed by atoms with E-state index in [1.54, 1.807) is 12.1 Å². The minimum Gasteiger partial charge on any atom is -0.508 e. The molecule has 0 fully saturated rings. The molecule has 0 aliphatic heterocycles. The van der Waals surface area contributed by atoms with Crippen molar-refractivity contribution in [2.75, 3.05) is 11.9 Å². The predicted octanol–water partition coefficient (Wildman–Crippen LogP) is -1.02. The maximum atomic E-state index is 12.5. The van der Waals surface area contributed by atoms with Crippen LogP contribution in [0.25, 0.3) is 0 Å². The van der Waals surface area contributed by atoms with E-state index in [4.69, 9.17) is 10.8 Å². The summed E-state index contributed by atoms with van der Waals surface area (Å²) in [5.41, 5.74) is 6.06. The molecular formula is C21H28N6O6S. The van der Waals surface area contributed by atoms with Gasteiger partial charge in [0.05, 0.1) is 18.0 Å². The summed E-state index contributed by atoms with van der Waals surface area (Å²) in [4.78, 5) is 53.3. The molecule has 0 saturated carbocycles. The Kier molecular flexibility index (Phi) is 9.76. The van der Waals surface area contributed by atoms with Crippen LogP contribution in [0.15, 0.2) is 30.5 Å². The summed E-state index contributed by atoms with van der Waals surface area (Å²) in [5, 5.41) is 29.1. The minimum absolute atomic E-state index is 0.0655. The van der Waals surface area contributed by atoms with Crippen LogP contribution in [0.4, 0.5) is 5.13 Å². The number of aliphatic hydroxyl groups excluding tert-OH is 1. The lowest BCUT2D eigenvalue weighted by Crippen LogP contribution is -2.55. The summed E-state index contributed by atoms with van der Waals surface area (Å²) >= 11 is 1.20. The van der Waals surface area contributed by atoms with Crippen molar-refractivity contribution < 1.29 is 29.4 Å². The Morgan fingerprint density at radius 2 is 1.65 bits per heavy atom. The molecule has 184 valence electrons. The summed E-state index contributed by atoms with van der Waals surface area (Å²) in [7, 11) is 0. The summed E-state index contributed by atoms with van der Waals surface area (Å²) in [6.07, 6.45) is 1.60. The van der Waals surface area contributed by atoms with Crippen molar-refractivity contribution >= 4 is 40.1 Å². The highest BCUT2D eigenvalue weighted by Gasteiger charge is 2.25. The lowest BCUT2D eigenvalue weighted by Gasteiger charge is -2.21. The fraction of sp³-hybridized carbons (Fsp3) is 0.381. The Morgan fingerprint density at radius 1 is 1.03 bits per heavy atom. The predicted molar refractivity (Wildman–Crippen MR) is 125 cm³/mol. The molecule has 8 N–H and O–H groups in total. The minimum atomic E-state index is -1.02. The Morgan fingerprint density at radius 3 is 2.24 bits per heavy atom. The monoisotopic (exact) mass is 492 g/mol. The molecule has 2 aromatic rings. The largest absolute Gasteiger partial charge is 0.508 e. The lowest BCUT2D eigenvalue weighted by molar-refractivity contribution is -0.132. The van der Waals surface area contributed by atoms with E-state index < -0.39 is 41.8 Å². The number of benzene rings is 1. The van der Waals surface area contributed by atoms with Crippen LogP contribution in [0.2, 0.25) is 0 Å². The second kappa shape index (κ2) is 12.5. The number of hydrogen-bond acceptors (Lipinski definition) is 9. The van der Waals surface area contributed by atoms with E-state index >= 15 is 0 Å². The van der Waals surface area contributed by atoms with Crippen molar-refractivity contribution in [2.24, 2.45) is 5.73 Å². The van der Waals surface area contributed by atoms with Crippen LogP contribution in [0.1, 0.15) is 24.3 Å². The smallest absolute Gasteiger partial charge is 0.242 e. The van der Waals surface area contributed by atoms with Crippen molar-refractivity contribution in [3.8, 4) is 5.75 Å². The van der Waals surface area contributed by atoms with Gasteiger partial charge in [-0.1, -0.05) is 23.5 Å². The maximum absolute atomic E-state index is 12.5. The molecule has 0 unspecified atom stereocenters. The van der Waals surface area contributed by atoms with Crippen LogP contribution in [-0.2, 0) is 32.2 Å². The molecule has 4 amide bonds. The molecule has 12 nitrogen and oxygen atoms in total. The number of nitrogens with two attached hydrogens (primary N) is 1. The van der Waals surface area contributed by atoms with Crippen molar-refractivity contribution in [1.82, 2.24) is 20.9 Å². The summed E-state index contributed by atoms with van der Waals surface area (Å²) in [6.45, 7) is 2.61. The molecular weight excluding hydrogens is 464 g/mol. The molecule has 0 radical (unpaired) electrons. The fourth-order valence-electron chi connectivity index (χ4n) is 2.77. The first-order chi connectivity index (χ1) is 16.1. The van der Waals surface area contributed by atoms with Crippen LogP contribution >= 0.6 is 11.3 Å². The Hall–Kier alpha value is -3.71. The van der Waals surface area contributed by atoms with Gasteiger partial charge in [0.25, 0.3) is 0 Å². The van der Waals surface area contributed by atoms with E-state index in [0.717, 1.165) is 0 Å². The number of thiazole rings is 1. The number of aromatic hydroxyl groups is 1. The van der Waals surface area contributed by atoms with Crippen LogP contribution < -0.4 is 27.0 Å². The fourth-order valence-corrected chi connectivity index (χ4v) is 3.44. The number of rotatable bonds is 12. The van der Waals surface area contributed by atoms with Crippen molar-refractivity contribution in [3.63, 3.8) is 0 Å². The zero-order valence-electron chi connectivity index (χ0n) is 18.7. The van der Waals surface area contributed by atoms with Gasteiger partial charge in [0.1, 0.15) is 23.9 Å². The number of primary amides is 1. The van der Waals surface area contributed by atoms with Gasteiger partial charge in [0.2, 0.25) is 23.6 Å². The number of amides is 4. The topological polar surface area (TPSA) is 196 Å². The van der Waals surface area contributed by atoms with Gasteiger partial charge in [-0.3, -0.25) is 19.2 Å². The molecule has 0 bridgehead atoms. The van der Waals surface area contributed by atoms with Crippen LogP contribution in [0.5, 0.6) is 5.75 Å². The van der Waals surface area contributed by atoms with E-state index in [1.165, 1.54) is 43.5 Å². The van der Waals surface area contributed by atoms with E-state index in [2.05, 4.69) is 26.3 Å². The molecule has 1 aromatic carbocycles. The number of nitrogens with zero attached hydrogens (tertiary/aromatic N) is 1. The number of aliphatic hydroxyl groups is 1. The first-order valence-electron chi connectivity index (χ1n) is 10.4. The van der Waals surface area contributed by atoms with Gasteiger partial charge < -0.3 is 37.2 Å². The number of nitrogens with one attached hydrogen (secondary N) is 4. The number of carbonyl (C=O) groups is 4. The second-order valence-electron chi connectivity index (χ2n) is 7.50. The van der Waals surface area contributed by atoms with Gasteiger partial charge in [-0.25, -0.2) is 4.98 Å². The second-order valence-corrected chi connectivity index (χ2v) is 8.61. The first-order valence-corrected chi connectivity index (χ1v) is 11.2. The Labute approximate surface area is 200 Å². The van der Waals surface area contributed by atoms with E-state index in [1.807, 2.05) is 0 Å². The van der Waals surface area contributed by atoms with E-state index in [9.17, 15) is 24.3 Å². The summed E-state index contributed by atoms with van der Waals surface area (Å²) < 4.78 is 0. The van der Waals surface area contributed by atoms with E-state index in [0.29, 0.717) is 15.6 Å². The molecule has 0 saturated heterocycles. The highest BCUT2D eigenvalue weighted by atomic mass is 32.1. The van der Waals surface area contributed by atoms with Gasteiger partial charge in [-0.15, -0.1) is 0 Å². The SMILES string of the molecule is C[C@H](NC(=O)CNc1ncc(CO)s1)C(=O)N[C@@H](C)C(=O)N[C@@H](Cc1ccc(O)cc1)C(N)=O. The quantitative estimate of drug-likeness (QED) is 0.195. The molecule has 1 aromatic heterocycles. The third-order valence-electron chi connectivity index (χ3n) is 4.67. The maximum Gasteiger partial charge on any atom is 0.242 e. The first kappa shape index (κ1) is 26.5. The van der Waals surface area contributed by atoms with Gasteiger partial charge in [0, 0.05) is 12.6 Å². The number of phenolic OH excluding ortho intramolecular Hbond substituents is 1. The summed E-state index contributed by atoms with van der Waals surface area (Å²) in [5.74, 6) is -2.38. The lowest BCUT2D eigenvalue weighted by atomic mass is 10.0. The normalized spacial score (nSPS) is 13.3. The number of hydrogen-bond donors (Lipinski definition) is 7. The molecule has 1 heterocycles. The standard InChI is InChI=1S/C21H28N6O6S/c1-11(25-17(30)9-24-21-23-8-15(10-28)34-21)19(32)26-12(2)20(33)27-16(18(22)31)7-13-3-5-14(29)6-4-13/h3-6,8,11-12,16,28-29H,7,9-10H2,1-2H3,(H2,22,31)(H,23,24)(H,25,30)(H,26,32)(H,27,33)/t11-,12-,16-/m0/s1. The Balaban J connectivity index is 1.81. The van der Waals surface area contributed by atoms with Gasteiger partial charge in [-0.05, 0) is 31.5 Å². The number of carbonyl (C=O) groups excluding carboxylic acids is 4. The van der Waals surface area contributed by atoms with Crippen molar-refractivity contribution in [2.45, 2.75) is 45.0 Å². The zero-order valence-corrected chi connectivity index (χ0v) is 19.5. The average molecular weight is 493 g/mol. The molecule has 0 spiro atoms. The van der Waals surface area contributed by atoms with Crippen molar-refractivity contribution in [1.29, 1.82) is 0 Å². The molecule has 13 heteroatoms. The third kappa shape index (κ3) is 8.33. The highest BCUT2D eigenvalue weighted by molar-refractivity contribution is 7.15. The van der Waals surface area contributed by atoms with Crippen LogP contribution in [0, 0.1) is 0 Å². The molecule has 3 atom stereocenters. The van der Waals surface area contributed by atoms with E-state index in [-0.39, 0.29) is 25.3 Å². The third-order valence-corrected chi connectivity index (χ3v) is 5.61. The average Bonchev–Trinajstić information content (AvgIpc) is 3.26. The molecule has 0 aliphatic carbocycles. The zero-order chi connectivity index (χ0) is 25.3. The molecule has 34 heavy (non-hydrogen) atoms. The molecule has 0 aliphatic rings. The number of anilines is 1. The Bertz CT molecular complexity index is 1010. The number of phenols is 1. The number of aromatic nitrogens is 1. The molecule has 2 rings (SSSR count). The van der Waals surface area contributed by atoms with Gasteiger partial charge in [0.15, 0.2) is 5.13 Å². The van der Waals surface area contributed by atoms with Crippen molar-refractivity contribution in [3.05, 3.63) is 40.9 Å². The van der Waals surface area contributed by atoms with Crippen LogP contribution in [0.3, 0.4) is 0 Å². The summed E-state index contributed by atoms with van der Waals surface area (Å²) in [6, 6.07) is 3.15.